The number of piperidine rings is 1. The minimum Gasteiger partial charge on any atom is -0.296 e. The van der Waals surface area contributed by atoms with Crippen LogP contribution in [-0.2, 0) is 34.2 Å². The van der Waals surface area contributed by atoms with Crippen molar-refractivity contribution in [3.8, 4) is 0 Å². The van der Waals surface area contributed by atoms with E-state index < -0.39 is 16.1 Å². The highest BCUT2D eigenvalue weighted by Gasteiger charge is 2.34. The molecule has 0 bridgehead atoms. The number of aryl methyl sites for hydroxylation is 3. The molecule has 27 heavy (non-hydrogen) atoms. The first kappa shape index (κ1) is 18.2. The summed E-state index contributed by atoms with van der Waals surface area (Å²) in [6.07, 6.45) is 5.87. The highest BCUT2D eigenvalue weighted by atomic mass is 32.2. The number of carbonyl (C=O) groups is 1. The Labute approximate surface area is 159 Å². The molecule has 2 aliphatic rings. The molecule has 4 rings (SSSR count). The maximum Gasteiger partial charge on any atom is 0.246 e. The number of sulfonamides is 1. The number of nitrogens with one attached hydrogen (secondary N) is 1. The summed E-state index contributed by atoms with van der Waals surface area (Å²) in [6, 6.07) is 6.33. The predicted octanol–water partition coefficient (Wildman–Crippen LogP) is 1.87. The molecule has 1 aromatic carbocycles. The summed E-state index contributed by atoms with van der Waals surface area (Å²) in [5, 5.41) is 4.21. The Balaban J connectivity index is 1.55. The highest BCUT2D eigenvalue weighted by molar-refractivity contribution is 7.89. The van der Waals surface area contributed by atoms with E-state index in [0.29, 0.717) is 25.3 Å². The van der Waals surface area contributed by atoms with E-state index in [4.69, 9.17) is 0 Å². The zero-order chi connectivity index (χ0) is 19.0. The van der Waals surface area contributed by atoms with Crippen LogP contribution >= 0.6 is 0 Å². The maximum atomic E-state index is 12.9. The lowest BCUT2D eigenvalue weighted by Gasteiger charge is -2.32. The molecule has 1 amide bonds. The summed E-state index contributed by atoms with van der Waals surface area (Å²) >= 11 is 0. The monoisotopic (exact) mass is 388 g/mol. The van der Waals surface area contributed by atoms with Crippen LogP contribution in [0.4, 0.5) is 5.82 Å². The van der Waals surface area contributed by atoms with Crippen LogP contribution in [0.5, 0.6) is 0 Å². The first-order valence-electron chi connectivity index (χ1n) is 9.47. The molecule has 1 aliphatic heterocycles. The summed E-state index contributed by atoms with van der Waals surface area (Å²) in [4.78, 5) is 14.8. The number of carbonyl (C=O) groups excluding carboxylic acids is 1. The summed E-state index contributed by atoms with van der Waals surface area (Å²) in [6.45, 7) is 3.18. The lowest BCUT2D eigenvalue weighted by Crippen LogP contribution is -2.52. The van der Waals surface area contributed by atoms with Gasteiger partial charge in [0.15, 0.2) is 0 Å². The first-order chi connectivity index (χ1) is 13.0. The highest BCUT2D eigenvalue weighted by Crippen LogP contribution is 2.26. The first-order valence-corrected chi connectivity index (χ1v) is 11.0. The summed E-state index contributed by atoms with van der Waals surface area (Å²) in [5.41, 5.74) is 2.32. The van der Waals surface area contributed by atoms with Crippen molar-refractivity contribution in [2.75, 3.05) is 11.4 Å². The normalized spacial score (nSPS) is 20.1. The molecule has 1 saturated heterocycles. The minimum absolute atomic E-state index is 0.221. The van der Waals surface area contributed by atoms with Gasteiger partial charge in [0, 0.05) is 19.2 Å². The Morgan fingerprint density at radius 1 is 1.19 bits per heavy atom. The van der Waals surface area contributed by atoms with E-state index in [0.717, 1.165) is 31.2 Å². The lowest BCUT2D eigenvalue weighted by molar-refractivity contribution is -0.121. The van der Waals surface area contributed by atoms with Crippen molar-refractivity contribution < 1.29 is 13.2 Å². The number of hydrogen-bond donors (Lipinski definition) is 1. The van der Waals surface area contributed by atoms with Crippen molar-refractivity contribution in [3.05, 3.63) is 41.6 Å². The van der Waals surface area contributed by atoms with E-state index in [-0.39, 0.29) is 10.8 Å². The van der Waals surface area contributed by atoms with Crippen LogP contribution in [0.25, 0.3) is 0 Å². The van der Waals surface area contributed by atoms with E-state index in [1.54, 1.807) is 34.0 Å². The van der Waals surface area contributed by atoms with Crippen LogP contribution in [0.1, 0.15) is 37.3 Å². The molecule has 8 heteroatoms. The average molecular weight is 388 g/mol. The molecular weight excluding hydrogens is 364 g/mol. The van der Waals surface area contributed by atoms with E-state index in [1.165, 1.54) is 5.56 Å². The molecule has 0 saturated carbocycles. The zero-order valence-electron chi connectivity index (χ0n) is 15.4. The minimum atomic E-state index is -3.74. The third-order valence-corrected chi connectivity index (χ3v) is 6.86. The number of benzene rings is 1. The molecule has 2 heterocycles. The molecule has 1 aromatic heterocycles. The number of nitrogens with zero attached hydrogens (tertiary/aromatic N) is 3. The Kier molecular flexibility index (Phi) is 4.77. The number of anilines is 1. The largest absolute Gasteiger partial charge is 0.296 e. The van der Waals surface area contributed by atoms with Crippen molar-refractivity contribution in [2.45, 2.75) is 56.5 Å². The number of rotatable bonds is 5. The second kappa shape index (κ2) is 7.09. The van der Waals surface area contributed by atoms with Gasteiger partial charge in [-0.1, -0.05) is 6.07 Å². The molecule has 1 unspecified atom stereocenters. The molecule has 0 radical (unpaired) electrons. The van der Waals surface area contributed by atoms with Crippen molar-refractivity contribution in [1.29, 1.82) is 0 Å². The lowest BCUT2D eigenvalue weighted by atomic mass is 10.1. The zero-order valence-corrected chi connectivity index (χ0v) is 16.2. The van der Waals surface area contributed by atoms with Crippen molar-refractivity contribution in [1.82, 2.24) is 14.5 Å². The Morgan fingerprint density at radius 3 is 2.81 bits per heavy atom. The van der Waals surface area contributed by atoms with Gasteiger partial charge in [0.25, 0.3) is 0 Å². The predicted molar refractivity (Wildman–Crippen MR) is 102 cm³/mol. The Bertz CT molecular complexity index is 967. The quantitative estimate of drug-likeness (QED) is 0.847. The third-order valence-electron chi connectivity index (χ3n) is 5.39. The van der Waals surface area contributed by atoms with Gasteiger partial charge in [0.2, 0.25) is 15.9 Å². The van der Waals surface area contributed by atoms with Gasteiger partial charge in [-0.3, -0.25) is 9.69 Å². The number of aromatic nitrogens is 2. The summed E-state index contributed by atoms with van der Waals surface area (Å²) in [7, 11) is -3.74. The fraction of sp³-hybridized carbons (Fsp3) is 0.474. The molecule has 7 nitrogen and oxygen atoms in total. The van der Waals surface area contributed by atoms with Crippen LogP contribution in [-0.4, -0.2) is 36.7 Å². The second-order valence-electron chi connectivity index (χ2n) is 7.10. The maximum absolute atomic E-state index is 12.9. The van der Waals surface area contributed by atoms with Gasteiger partial charge in [0.05, 0.1) is 11.1 Å². The second-order valence-corrected chi connectivity index (χ2v) is 8.81. The molecule has 2 aromatic rings. The molecule has 1 N–H and O–H groups in total. The smallest absolute Gasteiger partial charge is 0.246 e. The van der Waals surface area contributed by atoms with Gasteiger partial charge in [-0.25, -0.2) is 13.1 Å². The van der Waals surface area contributed by atoms with Gasteiger partial charge < -0.3 is 0 Å². The SMILES string of the molecule is CCn1nccc1N1CCCC(NS(=O)(=O)c2ccc3c(c2)CCC3)C1=O. The fourth-order valence-corrected chi connectivity index (χ4v) is 5.26. The van der Waals surface area contributed by atoms with Crippen molar-refractivity contribution in [2.24, 2.45) is 0 Å². The molecule has 1 fully saturated rings. The summed E-state index contributed by atoms with van der Waals surface area (Å²) < 4.78 is 30.1. The molecule has 144 valence electrons. The molecule has 1 atom stereocenters. The van der Waals surface area contributed by atoms with E-state index in [2.05, 4.69) is 9.82 Å². The number of fused-ring (bicyclic) bond motifs is 1. The standard InChI is InChI=1S/C19H24N4O3S/c1-2-23-18(10-11-20-23)22-12-4-7-17(19(22)24)21-27(25,26)16-9-8-14-5-3-6-15(14)13-16/h8-11,13,17,21H,2-7,12H2,1H3. The van der Waals surface area contributed by atoms with E-state index in [1.807, 2.05) is 13.0 Å². The van der Waals surface area contributed by atoms with Crippen molar-refractivity contribution in [3.63, 3.8) is 0 Å². The van der Waals surface area contributed by atoms with Gasteiger partial charge in [-0.15, -0.1) is 0 Å². The average Bonchev–Trinajstić information content (AvgIpc) is 3.31. The molecule has 1 aliphatic carbocycles. The van der Waals surface area contributed by atoms with Gasteiger partial charge >= 0.3 is 0 Å². The fourth-order valence-electron chi connectivity index (χ4n) is 3.98. The van der Waals surface area contributed by atoms with Crippen LogP contribution in [0.3, 0.4) is 0 Å². The molecular formula is C19H24N4O3S. The van der Waals surface area contributed by atoms with Gasteiger partial charge in [-0.05, 0) is 62.3 Å². The van der Waals surface area contributed by atoms with Crippen LogP contribution in [0.15, 0.2) is 35.4 Å². The van der Waals surface area contributed by atoms with Gasteiger partial charge in [0.1, 0.15) is 11.9 Å². The van der Waals surface area contributed by atoms with E-state index in [9.17, 15) is 13.2 Å². The number of hydrogen-bond acceptors (Lipinski definition) is 4. The van der Waals surface area contributed by atoms with Crippen LogP contribution in [0.2, 0.25) is 0 Å². The molecule has 0 spiro atoms. The van der Waals surface area contributed by atoms with Crippen LogP contribution < -0.4 is 9.62 Å². The van der Waals surface area contributed by atoms with Gasteiger partial charge in [-0.2, -0.15) is 9.82 Å². The third kappa shape index (κ3) is 3.39. The summed E-state index contributed by atoms with van der Waals surface area (Å²) in [5.74, 6) is 0.491. The van der Waals surface area contributed by atoms with Crippen molar-refractivity contribution >= 4 is 21.7 Å². The van der Waals surface area contributed by atoms with Crippen LogP contribution in [0, 0.1) is 0 Å². The topological polar surface area (TPSA) is 84.3 Å². The Morgan fingerprint density at radius 2 is 2.00 bits per heavy atom. The Hall–Kier alpha value is -2.19. The van der Waals surface area contributed by atoms with E-state index >= 15 is 0 Å². The number of amides is 1.